The fourth-order valence-electron chi connectivity index (χ4n) is 1.09. The van der Waals surface area contributed by atoms with E-state index in [-0.39, 0.29) is 6.04 Å². The van der Waals surface area contributed by atoms with Gasteiger partial charge in [-0.05, 0) is 26.2 Å². The minimum Gasteiger partial charge on any atom is -0.328 e. The Morgan fingerprint density at radius 1 is 1.23 bits per heavy atom. The summed E-state index contributed by atoms with van der Waals surface area (Å²) in [6, 6.07) is 0.112. The zero-order valence-corrected chi connectivity index (χ0v) is 9.44. The summed E-state index contributed by atoms with van der Waals surface area (Å²) < 4.78 is 22.7. The SMILES string of the molecule is CCCCS(=O)(=O)CCCC(C)N. The first-order valence-corrected chi connectivity index (χ1v) is 6.76. The second kappa shape index (κ2) is 6.38. The normalized spacial score (nSPS) is 14.4. The van der Waals surface area contributed by atoms with Gasteiger partial charge in [-0.2, -0.15) is 0 Å². The summed E-state index contributed by atoms with van der Waals surface area (Å²) in [7, 11) is -2.79. The molecule has 1 unspecified atom stereocenters. The van der Waals surface area contributed by atoms with E-state index in [9.17, 15) is 8.42 Å². The molecule has 0 aromatic carbocycles. The summed E-state index contributed by atoms with van der Waals surface area (Å²) >= 11 is 0. The fourth-order valence-corrected chi connectivity index (χ4v) is 2.63. The van der Waals surface area contributed by atoms with Crippen LogP contribution in [0.4, 0.5) is 0 Å². The number of rotatable bonds is 7. The van der Waals surface area contributed by atoms with Crippen LogP contribution in [0.25, 0.3) is 0 Å². The number of sulfone groups is 1. The largest absolute Gasteiger partial charge is 0.328 e. The molecular weight excluding hydrogens is 186 g/mol. The zero-order chi connectivity index (χ0) is 10.3. The topological polar surface area (TPSA) is 60.2 Å². The first-order chi connectivity index (χ1) is 5.98. The third kappa shape index (κ3) is 8.25. The smallest absolute Gasteiger partial charge is 0.150 e. The lowest BCUT2D eigenvalue weighted by Crippen LogP contribution is -2.17. The molecule has 0 spiro atoms. The van der Waals surface area contributed by atoms with Gasteiger partial charge in [0.15, 0.2) is 0 Å². The van der Waals surface area contributed by atoms with Crippen LogP contribution in [0.5, 0.6) is 0 Å². The molecule has 0 rings (SSSR count). The summed E-state index contributed by atoms with van der Waals surface area (Å²) in [5, 5.41) is 0. The lowest BCUT2D eigenvalue weighted by molar-refractivity contribution is 0.582. The van der Waals surface area contributed by atoms with Gasteiger partial charge in [0, 0.05) is 6.04 Å². The maximum atomic E-state index is 11.3. The quantitative estimate of drug-likeness (QED) is 0.685. The highest BCUT2D eigenvalue weighted by atomic mass is 32.2. The summed E-state index contributed by atoms with van der Waals surface area (Å²) in [6.45, 7) is 3.90. The molecule has 0 amide bonds. The van der Waals surface area contributed by atoms with E-state index in [2.05, 4.69) is 0 Å². The maximum Gasteiger partial charge on any atom is 0.150 e. The van der Waals surface area contributed by atoms with Gasteiger partial charge in [-0.15, -0.1) is 0 Å². The third-order valence-electron chi connectivity index (χ3n) is 1.92. The predicted molar refractivity (Wildman–Crippen MR) is 56.4 cm³/mol. The van der Waals surface area contributed by atoms with E-state index in [1.807, 2.05) is 13.8 Å². The Kier molecular flexibility index (Phi) is 6.33. The van der Waals surface area contributed by atoms with E-state index in [0.717, 1.165) is 19.3 Å². The summed E-state index contributed by atoms with van der Waals surface area (Å²) in [6.07, 6.45) is 3.21. The van der Waals surface area contributed by atoms with Gasteiger partial charge in [-0.3, -0.25) is 0 Å². The van der Waals surface area contributed by atoms with Crippen LogP contribution in [0.15, 0.2) is 0 Å². The molecule has 0 heterocycles. The molecule has 4 heteroatoms. The van der Waals surface area contributed by atoms with Crippen molar-refractivity contribution in [1.82, 2.24) is 0 Å². The van der Waals surface area contributed by atoms with Crippen molar-refractivity contribution >= 4 is 9.84 Å². The van der Waals surface area contributed by atoms with E-state index in [0.29, 0.717) is 17.9 Å². The van der Waals surface area contributed by atoms with Crippen LogP contribution in [0, 0.1) is 0 Å². The van der Waals surface area contributed by atoms with Gasteiger partial charge in [-0.25, -0.2) is 8.42 Å². The Labute approximate surface area is 81.6 Å². The Bertz CT molecular complexity index is 210. The lowest BCUT2D eigenvalue weighted by Gasteiger charge is -2.05. The Morgan fingerprint density at radius 3 is 2.23 bits per heavy atom. The molecule has 0 aliphatic carbocycles. The van der Waals surface area contributed by atoms with Crippen molar-refractivity contribution < 1.29 is 8.42 Å². The van der Waals surface area contributed by atoms with Crippen molar-refractivity contribution in [2.45, 2.75) is 45.6 Å². The molecule has 0 bridgehead atoms. The van der Waals surface area contributed by atoms with Crippen molar-refractivity contribution in [3.8, 4) is 0 Å². The fraction of sp³-hybridized carbons (Fsp3) is 1.00. The van der Waals surface area contributed by atoms with Crippen LogP contribution in [-0.2, 0) is 9.84 Å². The molecular formula is C9H21NO2S. The highest BCUT2D eigenvalue weighted by Gasteiger charge is 2.09. The molecule has 0 fully saturated rings. The Morgan fingerprint density at radius 2 is 1.77 bits per heavy atom. The molecule has 1 atom stereocenters. The van der Waals surface area contributed by atoms with Crippen molar-refractivity contribution in [3.05, 3.63) is 0 Å². The minimum absolute atomic E-state index is 0.112. The van der Waals surface area contributed by atoms with Crippen LogP contribution in [0.3, 0.4) is 0 Å². The molecule has 0 saturated carbocycles. The molecule has 80 valence electrons. The number of nitrogens with two attached hydrogens (primary N) is 1. The average molecular weight is 207 g/mol. The van der Waals surface area contributed by atoms with Crippen LogP contribution < -0.4 is 5.73 Å². The van der Waals surface area contributed by atoms with Gasteiger partial charge >= 0.3 is 0 Å². The first-order valence-electron chi connectivity index (χ1n) is 4.94. The van der Waals surface area contributed by atoms with Crippen LogP contribution >= 0.6 is 0 Å². The average Bonchev–Trinajstić information content (AvgIpc) is 2.00. The predicted octanol–water partition coefficient (Wildman–Crippen LogP) is 1.33. The van der Waals surface area contributed by atoms with Crippen LogP contribution in [0.2, 0.25) is 0 Å². The highest BCUT2D eigenvalue weighted by molar-refractivity contribution is 7.91. The van der Waals surface area contributed by atoms with E-state index < -0.39 is 9.84 Å². The van der Waals surface area contributed by atoms with Crippen LogP contribution in [0.1, 0.15) is 39.5 Å². The van der Waals surface area contributed by atoms with E-state index >= 15 is 0 Å². The Hall–Kier alpha value is -0.0900. The molecule has 3 nitrogen and oxygen atoms in total. The van der Waals surface area contributed by atoms with Crippen molar-refractivity contribution in [2.75, 3.05) is 11.5 Å². The second-order valence-electron chi connectivity index (χ2n) is 3.62. The molecule has 0 aliphatic rings. The molecule has 2 N–H and O–H groups in total. The number of hydrogen-bond donors (Lipinski definition) is 1. The third-order valence-corrected chi connectivity index (χ3v) is 3.75. The standard InChI is InChI=1S/C9H21NO2S/c1-3-4-7-13(11,12)8-5-6-9(2)10/h9H,3-8,10H2,1-2H3. The van der Waals surface area contributed by atoms with Gasteiger partial charge in [0.25, 0.3) is 0 Å². The van der Waals surface area contributed by atoms with E-state index in [1.165, 1.54) is 0 Å². The van der Waals surface area contributed by atoms with E-state index in [1.54, 1.807) is 0 Å². The molecule has 0 saturated heterocycles. The van der Waals surface area contributed by atoms with Crippen molar-refractivity contribution in [2.24, 2.45) is 5.73 Å². The highest BCUT2D eigenvalue weighted by Crippen LogP contribution is 2.02. The number of unbranched alkanes of at least 4 members (excludes halogenated alkanes) is 1. The lowest BCUT2D eigenvalue weighted by atomic mass is 10.2. The summed E-state index contributed by atoms with van der Waals surface area (Å²) in [5.74, 6) is 0.636. The maximum absolute atomic E-state index is 11.3. The number of hydrogen-bond acceptors (Lipinski definition) is 3. The van der Waals surface area contributed by atoms with Gasteiger partial charge in [0.1, 0.15) is 9.84 Å². The zero-order valence-electron chi connectivity index (χ0n) is 8.62. The van der Waals surface area contributed by atoms with Gasteiger partial charge in [0.05, 0.1) is 11.5 Å². The van der Waals surface area contributed by atoms with Gasteiger partial charge in [0.2, 0.25) is 0 Å². The first kappa shape index (κ1) is 12.9. The molecule has 0 aromatic heterocycles. The summed E-state index contributed by atoms with van der Waals surface area (Å²) in [5.41, 5.74) is 5.53. The molecule has 0 radical (unpaired) electrons. The van der Waals surface area contributed by atoms with Crippen LogP contribution in [-0.4, -0.2) is 26.0 Å². The molecule has 13 heavy (non-hydrogen) atoms. The van der Waals surface area contributed by atoms with E-state index in [4.69, 9.17) is 5.73 Å². The van der Waals surface area contributed by atoms with Crippen molar-refractivity contribution in [1.29, 1.82) is 0 Å². The second-order valence-corrected chi connectivity index (χ2v) is 5.93. The van der Waals surface area contributed by atoms with Crippen molar-refractivity contribution in [3.63, 3.8) is 0 Å². The monoisotopic (exact) mass is 207 g/mol. The van der Waals surface area contributed by atoms with Gasteiger partial charge in [-0.1, -0.05) is 13.3 Å². The minimum atomic E-state index is -2.79. The molecule has 0 aliphatic heterocycles. The Balaban J connectivity index is 3.64. The van der Waals surface area contributed by atoms with Gasteiger partial charge < -0.3 is 5.73 Å². The molecule has 0 aromatic rings. The summed E-state index contributed by atoms with van der Waals surface area (Å²) in [4.78, 5) is 0.